The van der Waals surface area contributed by atoms with Gasteiger partial charge in [-0.15, -0.1) is 0 Å². The van der Waals surface area contributed by atoms with Gasteiger partial charge in [0, 0.05) is 19.6 Å². The number of nitrogens with one attached hydrogen (secondary N) is 3. The van der Waals surface area contributed by atoms with Gasteiger partial charge >= 0.3 is 0 Å². The number of morpholine rings is 1. The molecule has 1 aliphatic heterocycles. The summed E-state index contributed by atoms with van der Waals surface area (Å²) >= 11 is 0. The highest BCUT2D eigenvalue weighted by Gasteiger charge is 2.19. The Morgan fingerprint density at radius 3 is 2.59 bits per heavy atom. The number of rotatable bonds is 7. The van der Waals surface area contributed by atoms with Gasteiger partial charge in [-0.3, -0.25) is 9.89 Å². The number of nitrogens with two attached hydrogens (primary N) is 1. The first-order valence-electron chi connectivity index (χ1n) is 10.4. The second kappa shape index (κ2) is 9.15. The predicted octanol–water partition coefficient (Wildman–Crippen LogP) is 2.42. The highest BCUT2D eigenvalue weighted by Crippen LogP contribution is 2.27. The number of aromatic hydroxyl groups is 1. The summed E-state index contributed by atoms with van der Waals surface area (Å²) in [5.74, 6) is 1.28. The molecule has 6 N–H and O–H groups in total. The lowest BCUT2D eigenvalue weighted by atomic mass is 10.1. The van der Waals surface area contributed by atoms with Crippen LogP contribution in [0.1, 0.15) is 27.0 Å². The number of benzene rings is 1. The number of H-pyrrole nitrogens is 1. The molecule has 3 heterocycles. The number of ether oxygens (including phenoxy) is 1. The zero-order valence-electron chi connectivity index (χ0n) is 18.1. The number of aromatic amines is 1. The molecule has 1 fully saturated rings. The van der Waals surface area contributed by atoms with Crippen molar-refractivity contribution in [1.29, 1.82) is 0 Å². The molecule has 32 heavy (non-hydrogen) atoms. The van der Waals surface area contributed by atoms with Crippen LogP contribution in [0.5, 0.6) is 5.75 Å². The van der Waals surface area contributed by atoms with E-state index in [0.29, 0.717) is 37.1 Å². The SMILES string of the molecule is Cc1cc(CNc2[nH]nc(Nc3ccc(N4CCOCC4)nc3)c2C(N)=O)cc(C)c1O. The van der Waals surface area contributed by atoms with Crippen molar-refractivity contribution in [2.45, 2.75) is 20.4 Å². The number of amides is 1. The van der Waals surface area contributed by atoms with E-state index in [1.165, 1.54) is 0 Å². The molecule has 0 bridgehead atoms. The number of carbonyl (C=O) groups is 1. The van der Waals surface area contributed by atoms with Crippen molar-refractivity contribution in [1.82, 2.24) is 15.2 Å². The molecular weight excluding hydrogens is 410 g/mol. The second-order valence-electron chi connectivity index (χ2n) is 7.75. The average Bonchev–Trinajstić information content (AvgIpc) is 3.19. The van der Waals surface area contributed by atoms with Gasteiger partial charge in [0.15, 0.2) is 5.82 Å². The fraction of sp³-hybridized carbons (Fsp3) is 0.318. The standard InChI is InChI=1S/C22H27N7O3/c1-13-9-15(10-14(2)19(13)30)11-25-21-18(20(23)31)22(28-27-21)26-16-3-4-17(24-12-16)29-5-7-32-8-6-29/h3-4,9-10,12,30H,5-8,11H2,1-2H3,(H2,23,31)(H3,25,26,27,28). The summed E-state index contributed by atoms with van der Waals surface area (Å²) in [7, 11) is 0. The van der Waals surface area contributed by atoms with E-state index in [1.54, 1.807) is 6.20 Å². The maximum absolute atomic E-state index is 12.1. The Kier molecular flexibility index (Phi) is 6.13. The normalized spacial score (nSPS) is 13.8. The largest absolute Gasteiger partial charge is 0.507 e. The third-order valence-corrected chi connectivity index (χ3v) is 5.38. The lowest BCUT2D eigenvalue weighted by Gasteiger charge is -2.27. The highest BCUT2D eigenvalue weighted by molar-refractivity contribution is 6.03. The van der Waals surface area contributed by atoms with E-state index < -0.39 is 5.91 Å². The molecule has 1 aliphatic rings. The van der Waals surface area contributed by atoms with Gasteiger partial charge in [-0.1, -0.05) is 12.1 Å². The maximum Gasteiger partial charge on any atom is 0.256 e. The van der Waals surface area contributed by atoms with Crippen LogP contribution in [0.4, 0.5) is 23.1 Å². The zero-order chi connectivity index (χ0) is 22.7. The van der Waals surface area contributed by atoms with E-state index in [1.807, 2.05) is 38.1 Å². The van der Waals surface area contributed by atoms with E-state index in [2.05, 4.69) is 30.7 Å². The van der Waals surface area contributed by atoms with Crippen LogP contribution in [0, 0.1) is 13.8 Å². The van der Waals surface area contributed by atoms with Crippen molar-refractivity contribution >= 4 is 29.0 Å². The molecule has 168 valence electrons. The number of hydrogen-bond donors (Lipinski definition) is 5. The fourth-order valence-electron chi connectivity index (χ4n) is 3.71. The summed E-state index contributed by atoms with van der Waals surface area (Å²) in [5, 5.41) is 23.3. The molecule has 3 aromatic rings. The lowest BCUT2D eigenvalue weighted by Crippen LogP contribution is -2.36. The van der Waals surface area contributed by atoms with Gasteiger partial charge in [0.05, 0.1) is 25.1 Å². The fourth-order valence-corrected chi connectivity index (χ4v) is 3.71. The van der Waals surface area contributed by atoms with Crippen LogP contribution >= 0.6 is 0 Å². The van der Waals surface area contributed by atoms with Crippen molar-refractivity contribution in [3.05, 3.63) is 52.7 Å². The first-order chi connectivity index (χ1) is 15.4. The molecule has 4 rings (SSSR count). The number of aryl methyl sites for hydroxylation is 2. The number of hydrogen-bond acceptors (Lipinski definition) is 8. The number of primary amides is 1. The van der Waals surface area contributed by atoms with Gasteiger partial charge in [-0.25, -0.2) is 4.98 Å². The van der Waals surface area contributed by atoms with Gasteiger partial charge in [0.25, 0.3) is 5.91 Å². The number of nitrogens with zero attached hydrogens (tertiary/aromatic N) is 3. The molecule has 0 unspecified atom stereocenters. The zero-order valence-corrected chi connectivity index (χ0v) is 18.1. The minimum atomic E-state index is -0.611. The molecule has 10 heteroatoms. The first kappa shape index (κ1) is 21.4. The quantitative estimate of drug-likeness (QED) is 0.379. The Morgan fingerprint density at radius 1 is 1.25 bits per heavy atom. The summed E-state index contributed by atoms with van der Waals surface area (Å²) in [6, 6.07) is 7.57. The van der Waals surface area contributed by atoms with Crippen LogP contribution in [0.2, 0.25) is 0 Å². The molecule has 10 nitrogen and oxygen atoms in total. The van der Waals surface area contributed by atoms with E-state index >= 15 is 0 Å². The summed E-state index contributed by atoms with van der Waals surface area (Å²) in [6.07, 6.45) is 1.69. The van der Waals surface area contributed by atoms with Crippen molar-refractivity contribution in [2.75, 3.05) is 41.8 Å². The van der Waals surface area contributed by atoms with Crippen LogP contribution in [0.3, 0.4) is 0 Å². The maximum atomic E-state index is 12.1. The summed E-state index contributed by atoms with van der Waals surface area (Å²) < 4.78 is 5.37. The van der Waals surface area contributed by atoms with Crippen LogP contribution in [0.25, 0.3) is 0 Å². The van der Waals surface area contributed by atoms with Crippen molar-refractivity contribution < 1.29 is 14.6 Å². The summed E-state index contributed by atoms with van der Waals surface area (Å²) in [5.41, 5.74) is 9.08. The number of aromatic nitrogens is 3. The monoisotopic (exact) mass is 437 g/mol. The molecule has 2 aromatic heterocycles. The number of anilines is 4. The minimum Gasteiger partial charge on any atom is -0.507 e. The van der Waals surface area contributed by atoms with Crippen LogP contribution < -0.4 is 21.3 Å². The number of phenolic OH excluding ortho intramolecular Hbond substituents is 1. The van der Waals surface area contributed by atoms with Crippen LogP contribution in [-0.2, 0) is 11.3 Å². The van der Waals surface area contributed by atoms with E-state index in [0.717, 1.165) is 35.6 Å². The molecular formula is C22H27N7O3. The molecule has 1 aromatic carbocycles. The highest BCUT2D eigenvalue weighted by atomic mass is 16.5. The number of phenols is 1. The summed E-state index contributed by atoms with van der Waals surface area (Å²) in [4.78, 5) is 18.8. The van der Waals surface area contributed by atoms with Gasteiger partial charge in [0.2, 0.25) is 0 Å². The molecule has 1 amide bonds. The van der Waals surface area contributed by atoms with Gasteiger partial charge in [-0.2, -0.15) is 5.10 Å². The van der Waals surface area contributed by atoms with E-state index in [9.17, 15) is 9.90 Å². The van der Waals surface area contributed by atoms with Gasteiger partial charge in [0.1, 0.15) is 22.9 Å². The Labute approximate surface area is 185 Å². The smallest absolute Gasteiger partial charge is 0.256 e. The predicted molar refractivity (Wildman–Crippen MR) is 123 cm³/mol. The third-order valence-electron chi connectivity index (χ3n) is 5.38. The van der Waals surface area contributed by atoms with Crippen molar-refractivity contribution in [2.24, 2.45) is 5.73 Å². The number of carbonyl (C=O) groups excluding carboxylic acids is 1. The van der Waals surface area contributed by atoms with Crippen molar-refractivity contribution in [3.63, 3.8) is 0 Å². The van der Waals surface area contributed by atoms with E-state index in [4.69, 9.17) is 10.5 Å². The minimum absolute atomic E-state index is 0.231. The van der Waals surface area contributed by atoms with Gasteiger partial charge < -0.3 is 31.1 Å². The van der Waals surface area contributed by atoms with Crippen LogP contribution in [-0.4, -0.2) is 52.5 Å². The molecule has 0 spiro atoms. The molecule has 1 saturated heterocycles. The molecule has 0 aliphatic carbocycles. The van der Waals surface area contributed by atoms with Crippen LogP contribution in [0.15, 0.2) is 30.5 Å². The van der Waals surface area contributed by atoms with Gasteiger partial charge in [-0.05, 0) is 42.7 Å². The Bertz CT molecular complexity index is 1080. The van der Waals surface area contributed by atoms with E-state index in [-0.39, 0.29) is 11.3 Å². The third kappa shape index (κ3) is 4.59. The Balaban J connectivity index is 1.47. The second-order valence-corrected chi connectivity index (χ2v) is 7.75. The topological polar surface area (TPSA) is 141 Å². The average molecular weight is 438 g/mol. The Hall–Kier alpha value is -3.79. The summed E-state index contributed by atoms with van der Waals surface area (Å²) in [6.45, 7) is 7.11. The lowest BCUT2D eigenvalue weighted by molar-refractivity contribution is 0.100. The molecule has 0 atom stereocenters. The Morgan fingerprint density at radius 2 is 1.97 bits per heavy atom. The van der Waals surface area contributed by atoms with Crippen molar-refractivity contribution in [3.8, 4) is 5.75 Å². The first-order valence-corrected chi connectivity index (χ1v) is 10.4. The molecule has 0 saturated carbocycles. The molecule has 0 radical (unpaired) electrons. The number of pyridine rings is 1.